The Kier molecular flexibility index (Phi) is 4.00. The lowest BCUT2D eigenvalue weighted by atomic mass is 10.1. The molecule has 2 saturated heterocycles. The molecule has 3 rings (SSSR count). The molecule has 20 heavy (non-hydrogen) atoms. The summed E-state index contributed by atoms with van der Waals surface area (Å²) in [6.07, 6.45) is 0. The van der Waals surface area contributed by atoms with Gasteiger partial charge in [0.05, 0.1) is 0 Å². The van der Waals surface area contributed by atoms with Crippen molar-refractivity contribution in [3.05, 3.63) is 35.9 Å². The normalized spacial score (nSPS) is 19.9. The summed E-state index contributed by atoms with van der Waals surface area (Å²) < 4.78 is 0. The van der Waals surface area contributed by atoms with E-state index in [0.29, 0.717) is 6.04 Å². The van der Waals surface area contributed by atoms with Crippen LogP contribution in [0.25, 0.3) is 0 Å². The minimum Gasteiger partial charge on any atom is -0.329 e. The van der Waals surface area contributed by atoms with Crippen LogP contribution in [-0.2, 0) is 4.79 Å². The van der Waals surface area contributed by atoms with Gasteiger partial charge in [-0.1, -0.05) is 24.1 Å². The van der Waals surface area contributed by atoms with E-state index < -0.39 is 0 Å². The van der Waals surface area contributed by atoms with Gasteiger partial charge in [-0.3, -0.25) is 9.69 Å². The summed E-state index contributed by atoms with van der Waals surface area (Å²) in [5.74, 6) is 5.62. The molecule has 2 fully saturated rings. The van der Waals surface area contributed by atoms with Gasteiger partial charge >= 0.3 is 0 Å². The summed E-state index contributed by atoms with van der Waals surface area (Å²) in [5, 5.41) is 3.29. The van der Waals surface area contributed by atoms with Crippen LogP contribution in [0, 0.1) is 11.8 Å². The lowest BCUT2D eigenvalue weighted by Gasteiger charge is -2.42. The monoisotopic (exact) mass is 269 g/mol. The summed E-state index contributed by atoms with van der Waals surface area (Å²) >= 11 is 0. The van der Waals surface area contributed by atoms with Gasteiger partial charge in [0, 0.05) is 56.8 Å². The number of nitrogens with zero attached hydrogens (tertiary/aromatic N) is 2. The predicted octanol–water partition coefficient (Wildman–Crippen LogP) is 0.154. The zero-order valence-electron chi connectivity index (χ0n) is 11.5. The summed E-state index contributed by atoms with van der Waals surface area (Å²) in [7, 11) is 0. The summed E-state index contributed by atoms with van der Waals surface area (Å²) in [6.45, 7) is 5.68. The molecule has 2 aliphatic heterocycles. The Morgan fingerprint density at radius 1 is 1.10 bits per heavy atom. The molecule has 0 bridgehead atoms. The van der Waals surface area contributed by atoms with Crippen molar-refractivity contribution in [3.8, 4) is 11.8 Å². The molecule has 1 aromatic carbocycles. The van der Waals surface area contributed by atoms with Gasteiger partial charge in [-0.25, -0.2) is 0 Å². The minimum atomic E-state index is -0.0553. The minimum absolute atomic E-state index is 0.0553. The van der Waals surface area contributed by atoms with Crippen LogP contribution in [0.4, 0.5) is 0 Å². The van der Waals surface area contributed by atoms with Crippen molar-refractivity contribution in [3.63, 3.8) is 0 Å². The van der Waals surface area contributed by atoms with E-state index in [1.807, 2.05) is 35.2 Å². The smallest absolute Gasteiger partial charge is 0.298 e. The molecular formula is C16H19N3O. The van der Waals surface area contributed by atoms with Crippen LogP contribution >= 0.6 is 0 Å². The molecule has 104 valence electrons. The van der Waals surface area contributed by atoms with E-state index in [4.69, 9.17) is 0 Å². The van der Waals surface area contributed by atoms with Gasteiger partial charge in [-0.05, 0) is 12.1 Å². The van der Waals surface area contributed by atoms with Crippen LogP contribution in [0.2, 0.25) is 0 Å². The number of rotatable bonds is 1. The summed E-state index contributed by atoms with van der Waals surface area (Å²) in [5.41, 5.74) is 0.889. The second-order valence-electron chi connectivity index (χ2n) is 5.26. The Morgan fingerprint density at radius 2 is 1.80 bits per heavy atom. The Bertz CT molecular complexity index is 520. The van der Waals surface area contributed by atoms with Crippen LogP contribution < -0.4 is 5.32 Å². The third-order valence-corrected chi connectivity index (χ3v) is 3.97. The van der Waals surface area contributed by atoms with Crippen molar-refractivity contribution in [1.82, 2.24) is 15.1 Å². The molecule has 0 atom stereocenters. The maximum Gasteiger partial charge on any atom is 0.298 e. The van der Waals surface area contributed by atoms with Crippen LogP contribution in [0.3, 0.4) is 0 Å². The standard InChI is InChI=1S/C16H19N3O/c20-16(7-6-14-4-2-1-3-5-14)19-10-8-18(9-11-19)15-12-17-13-15/h1-5,15,17H,8-13H2. The molecule has 0 aliphatic carbocycles. The maximum atomic E-state index is 12.1. The molecule has 0 spiro atoms. The average Bonchev–Trinajstić information content (AvgIpc) is 2.45. The predicted molar refractivity (Wildman–Crippen MR) is 78.1 cm³/mol. The zero-order valence-corrected chi connectivity index (χ0v) is 11.5. The number of carbonyl (C=O) groups is 1. The van der Waals surface area contributed by atoms with E-state index in [1.165, 1.54) is 0 Å². The molecule has 0 unspecified atom stereocenters. The number of hydrogen-bond donors (Lipinski definition) is 1. The Labute approximate surface area is 119 Å². The highest BCUT2D eigenvalue weighted by Crippen LogP contribution is 2.09. The van der Waals surface area contributed by atoms with Crippen molar-refractivity contribution < 1.29 is 4.79 Å². The van der Waals surface area contributed by atoms with E-state index in [1.54, 1.807) is 0 Å². The van der Waals surface area contributed by atoms with Gasteiger partial charge in [-0.15, -0.1) is 0 Å². The fraction of sp³-hybridized carbons (Fsp3) is 0.438. The molecule has 1 N–H and O–H groups in total. The third-order valence-electron chi connectivity index (χ3n) is 3.97. The lowest BCUT2D eigenvalue weighted by Crippen LogP contribution is -2.62. The van der Waals surface area contributed by atoms with Gasteiger partial charge in [0.1, 0.15) is 0 Å². The molecule has 0 saturated carbocycles. The van der Waals surface area contributed by atoms with Crippen LogP contribution in [0.15, 0.2) is 30.3 Å². The van der Waals surface area contributed by atoms with Crippen LogP contribution in [0.5, 0.6) is 0 Å². The molecule has 1 aromatic rings. The highest BCUT2D eigenvalue weighted by molar-refractivity contribution is 5.94. The number of benzene rings is 1. The van der Waals surface area contributed by atoms with Gasteiger partial charge < -0.3 is 10.2 Å². The number of nitrogens with one attached hydrogen (secondary N) is 1. The van der Waals surface area contributed by atoms with E-state index in [0.717, 1.165) is 44.8 Å². The number of amides is 1. The van der Waals surface area contributed by atoms with Gasteiger partial charge in [0.2, 0.25) is 0 Å². The Morgan fingerprint density at radius 3 is 2.40 bits per heavy atom. The van der Waals surface area contributed by atoms with E-state index in [2.05, 4.69) is 22.1 Å². The van der Waals surface area contributed by atoms with Crippen molar-refractivity contribution in [2.75, 3.05) is 39.3 Å². The molecule has 4 nitrogen and oxygen atoms in total. The quantitative estimate of drug-likeness (QED) is 0.738. The van der Waals surface area contributed by atoms with E-state index in [9.17, 15) is 4.79 Å². The number of piperazine rings is 1. The number of carbonyl (C=O) groups excluding carboxylic acids is 1. The first kappa shape index (κ1) is 13.2. The maximum absolute atomic E-state index is 12.1. The van der Waals surface area contributed by atoms with Crippen molar-refractivity contribution >= 4 is 5.91 Å². The second-order valence-corrected chi connectivity index (χ2v) is 5.26. The first-order valence-corrected chi connectivity index (χ1v) is 7.14. The van der Waals surface area contributed by atoms with Crippen LogP contribution in [-0.4, -0.2) is 61.0 Å². The number of hydrogen-bond acceptors (Lipinski definition) is 3. The Balaban J connectivity index is 1.53. The summed E-state index contributed by atoms with van der Waals surface area (Å²) in [4.78, 5) is 16.4. The largest absolute Gasteiger partial charge is 0.329 e. The topological polar surface area (TPSA) is 35.6 Å². The third kappa shape index (κ3) is 3.01. The first-order valence-electron chi connectivity index (χ1n) is 7.14. The van der Waals surface area contributed by atoms with Gasteiger partial charge in [-0.2, -0.15) is 0 Å². The second kappa shape index (κ2) is 6.08. The molecule has 1 amide bonds. The van der Waals surface area contributed by atoms with Crippen molar-refractivity contribution in [2.45, 2.75) is 6.04 Å². The average molecular weight is 269 g/mol. The van der Waals surface area contributed by atoms with Crippen LogP contribution in [0.1, 0.15) is 5.56 Å². The fourth-order valence-electron chi connectivity index (χ4n) is 2.55. The highest BCUT2D eigenvalue weighted by Gasteiger charge is 2.28. The van der Waals surface area contributed by atoms with Gasteiger partial charge in [0.25, 0.3) is 5.91 Å². The van der Waals surface area contributed by atoms with Gasteiger partial charge in [0.15, 0.2) is 0 Å². The first-order chi connectivity index (χ1) is 9.83. The molecule has 2 heterocycles. The lowest BCUT2D eigenvalue weighted by molar-refractivity contribution is -0.127. The van der Waals surface area contributed by atoms with E-state index >= 15 is 0 Å². The van der Waals surface area contributed by atoms with Crippen molar-refractivity contribution in [1.29, 1.82) is 0 Å². The molecule has 4 heteroatoms. The SMILES string of the molecule is O=C(C#Cc1ccccc1)N1CCN(C2CNC2)CC1. The molecule has 0 radical (unpaired) electrons. The summed E-state index contributed by atoms with van der Waals surface area (Å²) in [6, 6.07) is 10.3. The molecule has 0 aromatic heterocycles. The molecular weight excluding hydrogens is 250 g/mol. The fourth-order valence-corrected chi connectivity index (χ4v) is 2.55. The zero-order chi connectivity index (χ0) is 13.8. The van der Waals surface area contributed by atoms with E-state index in [-0.39, 0.29) is 5.91 Å². The highest BCUT2D eigenvalue weighted by atomic mass is 16.2. The molecule has 2 aliphatic rings. The Hall–Kier alpha value is -1.83. The van der Waals surface area contributed by atoms with Crippen molar-refractivity contribution in [2.24, 2.45) is 0 Å².